The highest BCUT2D eigenvalue weighted by atomic mass is 19.1. The van der Waals surface area contributed by atoms with Gasteiger partial charge in [0.15, 0.2) is 5.65 Å². The second-order valence-corrected chi connectivity index (χ2v) is 14.9. The molecule has 3 fully saturated rings. The van der Waals surface area contributed by atoms with Gasteiger partial charge in [-0.05, 0) is 63.4 Å². The van der Waals surface area contributed by atoms with Crippen molar-refractivity contribution in [1.29, 1.82) is 0 Å². The van der Waals surface area contributed by atoms with Crippen LogP contribution in [0.3, 0.4) is 0 Å². The second-order valence-electron chi connectivity index (χ2n) is 14.9. The van der Waals surface area contributed by atoms with E-state index < -0.39 is 17.7 Å². The Labute approximate surface area is 315 Å². The van der Waals surface area contributed by atoms with Crippen molar-refractivity contribution < 1.29 is 22.8 Å². The smallest absolute Gasteiger partial charge is 0.249 e. The summed E-state index contributed by atoms with van der Waals surface area (Å²) in [5.74, 6) is -0.506. The van der Waals surface area contributed by atoms with Crippen molar-refractivity contribution in [2.24, 2.45) is 0 Å². The summed E-state index contributed by atoms with van der Waals surface area (Å²) in [5.41, 5.74) is 3.24. The summed E-state index contributed by atoms with van der Waals surface area (Å²) >= 11 is 0. The van der Waals surface area contributed by atoms with Crippen LogP contribution in [0, 0.1) is 17.5 Å². The highest BCUT2D eigenvalue weighted by Crippen LogP contribution is 2.37. The largest absolute Gasteiger partial charge is 0.356 e. The molecule has 9 rings (SSSR count). The van der Waals surface area contributed by atoms with Crippen molar-refractivity contribution in [2.45, 2.75) is 63.2 Å². The van der Waals surface area contributed by atoms with Crippen LogP contribution in [0.15, 0.2) is 79.4 Å². The lowest BCUT2D eigenvalue weighted by molar-refractivity contribution is -0.135. The monoisotopic (exact) mass is 747 g/mol. The third-order valence-corrected chi connectivity index (χ3v) is 11.5. The summed E-state index contributed by atoms with van der Waals surface area (Å²) in [6.07, 6.45) is 11.1. The van der Waals surface area contributed by atoms with Gasteiger partial charge in [0.05, 0.1) is 23.5 Å². The number of imide groups is 1. The molecule has 2 atom stereocenters. The zero-order valence-corrected chi connectivity index (χ0v) is 30.3. The molecule has 0 bridgehead atoms. The predicted molar refractivity (Wildman–Crippen MR) is 202 cm³/mol. The summed E-state index contributed by atoms with van der Waals surface area (Å²) in [5, 5.41) is 8.10. The molecular weight excluding hydrogens is 708 g/mol. The number of amides is 2. The molecule has 0 spiro atoms. The number of pyridine rings is 1. The minimum atomic E-state index is -0.593. The fourth-order valence-electron chi connectivity index (χ4n) is 8.53. The van der Waals surface area contributed by atoms with Crippen molar-refractivity contribution in [3.63, 3.8) is 0 Å². The lowest BCUT2D eigenvalue weighted by atomic mass is 10.0. The van der Waals surface area contributed by atoms with E-state index in [-0.39, 0.29) is 36.1 Å². The fraction of sp³-hybridized carbons (Fsp3) is 0.341. The molecule has 4 aromatic heterocycles. The van der Waals surface area contributed by atoms with Gasteiger partial charge in [0, 0.05) is 85.2 Å². The number of hydrogen-bond donors (Lipinski definition) is 1. The molecule has 0 aliphatic carbocycles. The highest BCUT2D eigenvalue weighted by molar-refractivity contribution is 5.99. The zero-order chi connectivity index (χ0) is 37.8. The van der Waals surface area contributed by atoms with E-state index in [0.717, 1.165) is 67.3 Å². The van der Waals surface area contributed by atoms with E-state index in [1.165, 1.54) is 12.1 Å². The molecule has 1 unspecified atom stereocenters. The number of piperidine rings is 2. The minimum absolute atomic E-state index is 0.243. The van der Waals surface area contributed by atoms with Gasteiger partial charge in [0.2, 0.25) is 11.8 Å². The van der Waals surface area contributed by atoms with Gasteiger partial charge in [0.1, 0.15) is 35.1 Å². The van der Waals surface area contributed by atoms with Crippen molar-refractivity contribution in [1.82, 2.24) is 34.4 Å². The van der Waals surface area contributed by atoms with Crippen LogP contribution in [-0.4, -0.2) is 73.6 Å². The van der Waals surface area contributed by atoms with E-state index in [4.69, 9.17) is 9.97 Å². The van der Waals surface area contributed by atoms with Gasteiger partial charge >= 0.3 is 0 Å². The first-order chi connectivity index (χ1) is 26.7. The molecule has 7 heterocycles. The van der Waals surface area contributed by atoms with Gasteiger partial charge < -0.3 is 14.4 Å². The molecule has 3 saturated heterocycles. The van der Waals surface area contributed by atoms with E-state index in [1.807, 2.05) is 49.6 Å². The van der Waals surface area contributed by atoms with E-state index in [9.17, 15) is 18.4 Å². The Morgan fingerprint density at radius 2 is 1.75 bits per heavy atom. The average molecular weight is 748 g/mol. The third-order valence-electron chi connectivity index (χ3n) is 11.5. The first-order valence-corrected chi connectivity index (χ1v) is 18.8. The first kappa shape index (κ1) is 35.0. The predicted octanol–water partition coefficient (Wildman–Crippen LogP) is 6.58. The maximum Gasteiger partial charge on any atom is 0.249 e. The fourth-order valence-corrected chi connectivity index (χ4v) is 8.53. The first-order valence-electron chi connectivity index (χ1n) is 18.8. The van der Waals surface area contributed by atoms with Gasteiger partial charge in [-0.3, -0.25) is 19.8 Å². The molecule has 14 heteroatoms. The Morgan fingerprint density at radius 1 is 0.891 bits per heavy atom. The standard InChI is InChI=1S/C41H40F3N9O2/c1-49(22-26-8-7-25-23-51(24-31(25)39(26)44)35-11-12-38(54)48-41(35)55)28-13-17-50(18-14-28)36-6-2-4-33(46-36)30-21-45-53-19-15-37(47-40(30)53)52-16-3-5-34(52)29-10-9-27(42)20-32(29)43/h2,4,6-10,15,19-21,23-24,28,34-35H,3,5,11-14,16-18,22H2,1H3,(H,48,54,55)/t34-,35?/m1/s1. The minimum Gasteiger partial charge on any atom is -0.356 e. The Bertz CT molecular complexity index is 2440. The summed E-state index contributed by atoms with van der Waals surface area (Å²) in [7, 11) is 2.03. The summed E-state index contributed by atoms with van der Waals surface area (Å²) in [4.78, 5) is 40.6. The Hall–Kier alpha value is -5.76. The van der Waals surface area contributed by atoms with Crippen molar-refractivity contribution in [3.8, 4) is 11.3 Å². The van der Waals surface area contributed by atoms with Crippen LogP contribution in [0.5, 0.6) is 0 Å². The Morgan fingerprint density at radius 3 is 2.56 bits per heavy atom. The van der Waals surface area contributed by atoms with Crippen LogP contribution in [0.2, 0.25) is 0 Å². The SMILES string of the molecule is CN(Cc1ccc2cn(C3CCC(=O)NC3=O)cc2c1F)C1CCN(c2cccc(-c3cnn4ccc(N5CCC[C@@H]5c5ccc(F)cc5F)nc34)n2)CC1. The molecule has 2 amide bonds. The molecule has 0 radical (unpaired) electrons. The normalized spacial score (nSPS) is 19.7. The summed E-state index contributed by atoms with van der Waals surface area (Å²) < 4.78 is 47.7. The maximum atomic E-state index is 15.8. The van der Waals surface area contributed by atoms with Crippen molar-refractivity contribution >= 4 is 39.9 Å². The van der Waals surface area contributed by atoms with Crippen molar-refractivity contribution in [2.75, 3.05) is 36.5 Å². The Kier molecular flexibility index (Phi) is 8.99. The number of anilines is 2. The number of halogens is 3. The van der Waals surface area contributed by atoms with E-state index in [1.54, 1.807) is 27.7 Å². The van der Waals surface area contributed by atoms with E-state index >= 15 is 4.39 Å². The van der Waals surface area contributed by atoms with E-state index in [0.29, 0.717) is 47.5 Å². The molecule has 1 N–H and O–H groups in total. The third kappa shape index (κ3) is 6.58. The number of carbonyl (C=O) groups is 2. The van der Waals surface area contributed by atoms with Crippen LogP contribution in [0.1, 0.15) is 61.7 Å². The van der Waals surface area contributed by atoms with E-state index in [2.05, 4.69) is 25.1 Å². The molecule has 6 aromatic rings. The number of nitrogens with one attached hydrogen (secondary N) is 1. The van der Waals surface area contributed by atoms with Crippen LogP contribution in [0.25, 0.3) is 27.7 Å². The lowest BCUT2D eigenvalue weighted by Gasteiger charge is -2.37. The molecule has 2 aromatic carbocycles. The van der Waals surface area contributed by atoms with Gasteiger partial charge in [-0.2, -0.15) is 5.10 Å². The van der Waals surface area contributed by atoms with Gasteiger partial charge in [-0.1, -0.05) is 24.3 Å². The maximum absolute atomic E-state index is 15.8. The van der Waals surface area contributed by atoms with Gasteiger partial charge in [-0.25, -0.2) is 27.7 Å². The lowest BCUT2D eigenvalue weighted by Crippen LogP contribution is -2.43. The molecular formula is C41H40F3N9O2. The summed E-state index contributed by atoms with van der Waals surface area (Å²) in [6.45, 7) is 2.73. The van der Waals surface area contributed by atoms with Crippen LogP contribution >= 0.6 is 0 Å². The number of carbonyl (C=O) groups excluding carboxylic acids is 2. The second kappa shape index (κ2) is 14.1. The number of nitrogens with zero attached hydrogens (tertiary/aromatic N) is 8. The highest BCUT2D eigenvalue weighted by Gasteiger charge is 2.31. The topological polar surface area (TPSA) is 104 Å². The molecule has 55 heavy (non-hydrogen) atoms. The van der Waals surface area contributed by atoms with Crippen LogP contribution in [-0.2, 0) is 16.1 Å². The Balaban J connectivity index is 0.872. The van der Waals surface area contributed by atoms with Crippen molar-refractivity contribution in [3.05, 3.63) is 108 Å². The molecule has 3 aliphatic heterocycles. The quantitative estimate of drug-likeness (QED) is 0.174. The summed E-state index contributed by atoms with van der Waals surface area (Å²) in [6, 6.07) is 14.8. The molecule has 282 valence electrons. The number of hydrogen-bond acceptors (Lipinski definition) is 8. The number of fused-ring (bicyclic) bond motifs is 2. The van der Waals surface area contributed by atoms with Gasteiger partial charge in [0.25, 0.3) is 0 Å². The van der Waals surface area contributed by atoms with Gasteiger partial charge in [-0.15, -0.1) is 0 Å². The zero-order valence-electron chi connectivity index (χ0n) is 30.3. The molecule has 11 nitrogen and oxygen atoms in total. The molecule has 0 saturated carbocycles. The van der Waals surface area contributed by atoms with Crippen LogP contribution in [0.4, 0.5) is 24.8 Å². The molecule has 3 aliphatic rings. The number of rotatable bonds is 8. The average Bonchev–Trinajstić information content (AvgIpc) is 3.95. The van der Waals surface area contributed by atoms with Crippen LogP contribution < -0.4 is 15.1 Å². The number of aromatic nitrogens is 5. The number of benzene rings is 2.